The Morgan fingerprint density at radius 2 is 1.89 bits per heavy atom. The number of hydrogen-bond acceptors (Lipinski definition) is 5. The van der Waals surface area contributed by atoms with E-state index in [1.165, 1.54) is 0 Å². The highest BCUT2D eigenvalue weighted by Gasteiger charge is 2.25. The van der Waals surface area contributed by atoms with Crippen molar-refractivity contribution in [3.8, 4) is 5.75 Å². The van der Waals surface area contributed by atoms with Crippen LogP contribution in [-0.4, -0.2) is 62.5 Å². The lowest BCUT2D eigenvalue weighted by Crippen LogP contribution is -2.42. The van der Waals surface area contributed by atoms with E-state index in [9.17, 15) is 9.59 Å². The van der Waals surface area contributed by atoms with Crippen LogP contribution in [0.1, 0.15) is 44.0 Å². The first-order valence-corrected chi connectivity index (χ1v) is 9.76. The molecular formula is C21H32N2O5. The Morgan fingerprint density at radius 3 is 2.54 bits per heavy atom. The van der Waals surface area contributed by atoms with Gasteiger partial charge in [0.1, 0.15) is 18.0 Å². The van der Waals surface area contributed by atoms with Gasteiger partial charge < -0.3 is 24.4 Å². The number of amides is 2. The van der Waals surface area contributed by atoms with Gasteiger partial charge >= 0.3 is 6.09 Å². The smallest absolute Gasteiger partial charge is 0.407 e. The van der Waals surface area contributed by atoms with E-state index in [1.807, 2.05) is 43.9 Å². The third-order valence-corrected chi connectivity index (χ3v) is 4.47. The molecule has 2 rings (SSSR count). The van der Waals surface area contributed by atoms with Crippen molar-refractivity contribution >= 4 is 12.0 Å². The molecule has 0 bridgehead atoms. The molecule has 1 saturated heterocycles. The van der Waals surface area contributed by atoms with Crippen molar-refractivity contribution in [1.29, 1.82) is 0 Å². The number of carbonyl (C=O) groups is 2. The minimum atomic E-state index is -0.498. The van der Waals surface area contributed by atoms with Gasteiger partial charge in [-0.2, -0.15) is 0 Å². The van der Waals surface area contributed by atoms with Gasteiger partial charge in [-0.3, -0.25) is 4.79 Å². The van der Waals surface area contributed by atoms with Gasteiger partial charge in [-0.05, 0) is 57.7 Å². The molecule has 156 valence electrons. The summed E-state index contributed by atoms with van der Waals surface area (Å²) in [7, 11) is 1.62. The summed E-state index contributed by atoms with van der Waals surface area (Å²) in [6, 6.07) is 7.24. The largest absolute Gasteiger partial charge is 0.491 e. The van der Waals surface area contributed by atoms with Gasteiger partial charge in [0.05, 0.1) is 6.61 Å². The molecule has 0 unspecified atom stereocenters. The number of nitrogens with zero attached hydrogens (tertiary/aromatic N) is 1. The topological polar surface area (TPSA) is 77.1 Å². The SMILES string of the molecule is COCCOc1cccc(C(=O)N2CCC(CNC(=O)OC(C)(C)C)CC2)c1. The zero-order chi connectivity index (χ0) is 20.6. The second kappa shape index (κ2) is 10.3. The van der Waals surface area contributed by atoms with Gasteiger partial charge in [0.15, 0.2) is 0 Å². The number of hydrogen-bond donors (Lipinski definition) is 1. The van der Waals surface area contributed by atoms with E-state index < -0.39 is 11.7 Å². The number of likely N-dealkylation sites (tertiary alicyclic amines) is 1. The van der Waals surface area contributed by atoms with Crippen molar-refractivity contribution in [2.45, 2.75) is 39.2 Å². The van der Waals surface area contributed by atoms with E-state index in [-0.39, 0.29) is 5.91 Å². The molecule has 0 aliphatic carbocycles. The van der Waals surface area contributed by atoms with Crippen LogP contribution >= 0.6 is 0 Å². The van der Waals surface area contributed by atoms with Crippen LogP contribution in [0.5, 0.6) is 5.75 Å². The second-order valence-electron chi connectivity index (χ2n) is 7.99. The average Bonchev–Trinajstić information content (AvgIpc) is 2.65. The van der Waals surface area contributed by atoms with Gasteiger partial charge in [-0.15, -0.1) is 0 Å². The van der Waals surface area contributed by atoms with Crippen molar-refractivity contribution in [3.63, 3.8) is 0 Å². The Bertz CT molecular complexity index is 648. The molecular weight excluding hydrogens is 360 g/mol. The van der Waals surface area contributed by atoms with Crippen LogP contribution < -0.4 is 10.1 Å². The molecule has 7 heteroatoms. The highest BCUT2D eigenvalue weighted by Crippen LogP contribution is 2.21. The lowest BCUT2D eigenvalue weighted by Gasteiger charge is -2.32. The summed E-state index contributed by atoms with van der Waals surface area (Å²) >= 11 is 0. The maximum atomic E-state index is 12.8. The summed E-state index contributed by atoms with van der Waals surface area (Å²) in [5, 5.41) is 2.83. The molecule has 0 saturated carbocycles. The first kappa shape index (κ1) is 22.0. The standard InChI is InChI=1S/C21H32N2O5/c1-21(2,3)28-20(25)22-15-16-8-10-23(11-9-16)19(24)17-6-5-7-18(14-17)27-13-12-26-4/h5-7,14,16H,8-13,15H2,1-4H3,(H,22,25). The Kier molecular flexibility index (Phi) is 8.11. The van der Waals surface area contributed by atoms with Crippen molar-refractivity contribution in [2.75, 3.05) is 40.0 Å². The number of carbonyl (C=O) groups excluding carboxylic acids is 2. The Balaban J connectivity index is 1.79. The van der Waals surface area contributed by atoms with Crippen LogP contribution in [0.15, 0.2) is 24.3 Å². The number of methoxy groups -OCH3 is 1. The summed E-state index contributed by atoms with van der Waals surface area (Å²) in [4.78, 5) is 26.4. The van der Waals surface area contributed by atoms with Crippen molar-refractivity contribution < 1.29 is 23.8 Å². The number of nitrogens with one attached hydrogen (secondary N) is 1. The van der Waals surface area contributed by atoms with Gasteiger partial charge in [0.2, 0.25) is 0 Å². The minimum absolute atomic E-state index is 0.00995. The molecule has 1 fully saturated rings. The summed E-state index contributed by atoms with van der Waals surface area (Å²) in [5.41, 5.74) is 0.127. The average molecular weight is 392 g/mol. The zero-order valence-electron chi connectivity index (χ0n) is 17.3. The van der Waals surface area contributed by atoms with E-state index in [0.717, 1.165) is 12.8 Å². The Labute approximate surface area is 167 Å². The Hall–Kier alpha value is -2.28. The molecule has 0 atom stereocenters. The van der Waals surface area contributed by atoms with Crippen LogP contribution in [0.4, 0.5) is 4.79 Å². The first-order valence-electron chi connectivity index (χ1n) is 9.76. The van der Waals surface area contributed by atoms with Crippen molar-refractivity contribution in [1.82, 2.24) is 10.2 Å². The quantitative estimate of drug-likeness (QED) is 0.722. The van der Waals surface area contributed by atoms with Crippen molar-refractivity contribution in [2.24, 2.45) is 5.92 Å². The Morgan fingerprint density at radius 1 is 1.18 bits per heavy atom. The highest BCUT2D eigenvalue weighted by atomic mass is 16.6. The van der Waals surface area contributed by atoms with Crippen LogP contribution in [-0.2, 0) is 9.47 Å². The summed E-state index contributed by atoms with van der Waals surface area (Å²) < 4.78 is 15.8. The lowest BCUT2D eigenvalue weighted by molar-refractivity contribution is 0.0500. The summed E-state index contributed by atoms with van der Waals surface area (Å²) in [5.74, 6) is 1.02. The van der Waals surface area contributed by atoms with Gasteiger partial charge in [0.25, 0.3) is 5.91 Å². The minimum Gasteiger partial charge on any atom is -0.491 e. The van der Waals surface area contributed by atoms with E-state index in [4.69, 9.17) is 14.2 Å². The van der Waals surface area contributed by atoms with Crippen LogP contribution in [0.2, 0.25) is 0 Å². The number of ether oxygens (including phenoxy) is 3. The molecule has 0 spiro atoms. The van der Waals surface area contributed by atoms with E-state index in [1.54, 1.807) is 13.2 Å². The summed E-state index contributed by atoms with van der Waals surface area (Å²) in [6.45, 7) is 8.40. The molecule has 0 radical (unpaired) electrons. The lowest BCUT2D eigenvalue weighted by atomic mass is 9.96. The summed E-state index contributed by atoms with van der Waals surface area (Å²) in [6.07, 6.45) is 1.31. The maximum absolute atomic E-state index is 12.8. The molecule has 1 aromatic carbocycles. The van der Waals surface area contributed by atoms with E-state index >= 15 is 0 Å². The predicted octanol–water partition coefficient (Wildman–Crippen LogP) is 3.09. The fourth-order valence-corrected chi connectivity index (χ4v) is 3.03. The normalized spacial score (nSPS) is 15.2. The first-order chi connectivity index (χ1) is 13.3. The molecule has 1 N–H and O–H groups in total. The number of rotatable bonds is 7. The molecule has 7 nitrogen and oxygen atoms in total. The van der Waals surface area contributed by atoms with Gasteiger partial charge in [0, 0.05) is 32.3 Å². The van der Waals surface area contributed by atoms with Crippen LogP contribution in [0, 0.1) is 5.92 Å². The number of benzene rings is 1. The second-order valence-corrected chi connectivity index (χ2v) is 7.99. The molecule has 0 aromatic heterocycles. The highest BCUT2D eigenvalue weighted by molar-refractivity contribution is 5.94. The maximum Gasteiger partial charge on any atom is 0.407 e. The number of piperidine rings is 1. The zero-order valence-corrected chi connectivity index (χ0v) is 17.3. The number of alkyl carbamates (subject to hydrolysis) is 1. The molecule has 28 heavy (non-hydrogen) atoms. The van der Waals surface area contributed by atoms with Crippen LogP contribution in [0.3, 0.4) is 0 Å². The van der Waals surface area contributed by atoms with E-state index in [2.05, 4.69) is 5.32 Å². The molecule has 1 aliphatic heterocycles. The third kappa shape index (κ3) is 7.38. The molecule has 1 aliphatic rings. The van der Waals surface area contributed by atoms with Gasteiger partial charge in [-0.1, -0.05) is 6.07 Å². The molecule has 1 heterocycles. The molecule has 2 amide bonds. The monoisotopic (exact) mass is 392 g/mol. The third-order valence-electron chi connectivity index (χ3n) is 4.47. The predicted molar refractivity (Wildman–Crippen MR) is 107 cm³/mol. The van der Waals surface area contributed by atoms with Crippen LogP contribution in [0.25, 0.3) is 0 Å². The molecule has 1 aromatic rings. The van der Waals surface area contributed by atoms with E-state index in [0.29, 0.717) is 50.1 Å². The van der Waals surface area contributed by atoms with Gasteiger partial charge in [-0.25, -0.2) is 4.79 Å². The fraction of sp³-hybridized carbons (Fsp3) is 0.619. The van der Waals surface area contributed by atoms with Crippen molar-refractivity contribution in [3.05, 3.63) is 29.8 Å². The fourth-order valence-electron chi connectivity index (χ4n) is 3.03.